The summed E-state index contributed by atoms with van der Waals surface area (Å²) < 4.78 is 21.5. The Morgan fingerprint density at radius 2 is 1.09 bits per heavy atom. The third-order valence-corrected chi connectivity index (χ3v) is 3.53. The van der Waals surface area contributed by atoms with Crippen LogP contribution in [0, 0.1) is 10.4 Å². The lowest BCUT2D eigenvalue weighted by atomic mass is 10.3. The van der Waals surface area contributed by atoms with Gasteiger partial charge >= 0.3 is 7.82 Å². The molecular formula is C12H13N2O8P. The first-order chi connectivity index (χ1) is 10.8. The summed E-state index contributed by atoms with van der Waals surface area (Å²) in [7, 11) is -4.51. The lowest BCUT2D eigenvalue weighted by molar-refractivity contribution is -0.991. The molecular weight excluding hydrogens is 331 g/mol. The molecule has 11 heteroatoms. The van der Waals surface area contributed by atoms with E-state index in [0.717, 1.165) is 0 Å². The van der Waals surface area contributed by atoms with Crippen LogP contribution in [0.15, 0.2) is 48.5 Å². The summed E-state index contributed by atoms with van der Waals surface area (Å²) in [4.78, 5) is 9.66. The Balaban J connectivity index is 2.05. The zero-order valence-electron chi connectivity index (χ0n) is 11.4. The number of quaternary nitrogens is 2. The Hall–Kier alpha value is -2.01. The number of hydrogen-bond donors (Lipinski definition) is 5. The van der Waals surface area contributed by atoms with Gasteiger partial charge in [-0.25, -0.2) is 15.0 Å². The molecule has 0 saturated heterocycles. The molecule has 0 aromatic heterocycles. The van der Waals surface area contributed by atoms with Gasteiger partial charge in [0.25, 0.3) is 0 Å². The molecule has 2 aromatic rings. The van der Waals surface area contributed by atoms with E-state index in [2.05, 4.69) is 0 Å². The SMILES string of the molecule is O=P(O)(Oc1ccc([NH+]([O-])O)cc1)Oc1ccc([NH+]([O-])O)cc1. The van der Waals surface area contributed by atoms with Crippen LogP contribution < -0.4 is 19.5 Å². The van der Waals surface area contributed by atoms with Gasteiger partial charge in [-0.1, -0.05) is 0 Å². The van der Waals surface area contributed by atoms with Gasteiger partial charge in [-0.05, 0) is 24.3 Å². The normalized spacial score (nSPS) is 16.2. The summed E-state index contributed by atoms with van der Waals surface area (Å²) in [5, 5.41) is 36.6. The molecule has 5 N–H and O–H groups in total. The van der Waals surface area contributed by atoms with Crippen molar-refractivity contribution >= 4 is 19.2 Å². The van der Waals surface area contributed by atoms with Crippen molar-refractivity contribution in [2.75, 3.05) is 0 Å². The predicted octanol–water partition coefficient (Wildman–Crippen LogP) is 0.0516. The molecule has 2 aromatic carbocycles. The molecule has 0 radical (unpaired) electrons. The number of phosphoric ester groups is 1. The molecule has 0 fully saturated rings. The topological polar surface area (TPSA) is 151 Å². The maximum atomic E-state index is 11.9. The highest BCUT2D eigenvalue weighted by Crippen LogP contribution is 2.44. The summed E-state index contributed by atoms with van der Waals surface area (Å²) in [6, 6.07) is 9.68. The fourth-order valence-corrected chi connectivity index (χ4v) is 2.42. The summed E-state index contributed by atoms with van der Waals surface area (Å²) in [5.41, 5.74) is -0.00870. The van der Waals surface area contributed by atoms with E-state index < -0.39 is 18.3 Å². The molecule has 0 aliphatic carbocycles. The minimum absolute atomic E-state index is 0.00435. The monoisotopic (exact) mass is 344 g/mol. The molecule has 0 amide bonds. The van der Waals surface area contributed by atoms with Crippen LogP contribution in [0.1, 0.15) is 0 Å². The standard InChI is InChI=1S/C12H13N2O8P/c15-13(16)9-1-5-11(6-2-9)21-23(19,20)22-12-7-3-10(4-8-12)14(17)18/h1-8,13-15,17H,(H,19,20). The van der Waals surface area contributed by atoms with E-state index in [4.69, 9.17) is 19.5 Å². The van der Waals surface area contributed by atoms with Crippen molar-refractivity contribution < 1.29 is 39.4 Å². The van der Waals surface area contributed by atoms with E-state index in [9.17, 15) is 19.9 Å². The Labute approximate surface area is 130 Å². The van der Waals surface area contributed by atoms with Gasteiger partial charge in [0.05, 0.1) is 0 Å². The molecule has 124 valence electrons. The van der Waals surface area contributed by atoms with Crippen molar-refractivity contribution in [3.63, 3.8) is 0 Å². The Morgan fingerprint density at radius 3 is 1.35 bits per heavy atom. The highest BCUT2D eigenvalue weighted by atomic mass is 31.2. The maximum absolute atomic E-state index is 11.9. The van der Waals surface area contributed by atoms with Gasteiger partial charge in [0.2, 0.25) is 0 Å². The van der Waals surface area contributed by atoms with Gasteiger partial charge in [-0.3, -0.25) is 4.89 Å². The number of benzene rings is 2. The molecule has 0 bridgehead atoms. The molecule has 2 rings (SSSR count). The van der Waals surface area contributed by atoms with Crippen LogP contribution in [-0.2, 0) is 4.57 Å². The second-order valence-electron chi connectivity index (χ2n) is 4.31. The molecule has 0 aliphatic heterocycles. The number of phosphoric acid groups is 1. The van der Waals surface area contributed by atoms with E-state index in [0.29, 0.717) is 0 Å². The third-order valence-electron chi connectivity index (χ3n) is 2.64. The van der Waals surface area contributed by atoms with Crippen molar-refractivity contribution in [2.45, 2.75) is 0 Å². The largest absolute Gasteiger partial charge is 0.595 e. The van der Waals surface area contributed by atoms with Gasteiger partial charge in [-0.15, -0.1) is 0 Å². The van der Waals surface area contributed by atoms with Crippen molar-refractivity contribution in [1.29, 1.82) is 0 Å². The van der Waals surface area contributed by atoms with Crippen LogP contribution in [0.25, 0.3) is 0 Å². The predicted molar refractivity (Wildman–Crippen MR) is 75.5 cm³/mol. The van der Waals surface area contributed by atoms with E-state index in [1.807, 2.05) is 0 Å². The van der Waals surface area contributed by atoms with E-state index in [1.54, 1.807) is 0 Å². The van der Waals surface area contributed by atoms with Gasteiger partial charge in [0.1, 0.15) is 11.5 Å². The second kappa shape index (κ2) is 7.04. The average Bonchev–Trinajstić information content (AvgIpc) is 2.47. The Bertz CT molecular complexity index is 632. The lowest BCUT2D eigenvalue weighted by Gasteiger charge is -2.16. The minimum Gasteiger partial charge on any atom is -0.595 e. The first kappa shape index (κ1) is 17.3. The molecule has 0 heterocycles. The molecule has 2 unspecified atom stereocenters. The summed E-state index contributed by atoms with van der Waals surface area (Å²) in [6.45, 7) is 0. The molecule has 10 nitrogen and oxygen atoms in total. The van der Waals surface area contributed by atoms with Crippen molar-refractivity contribution in [1.82, 2.24) is 0 Å². The fraction of sp³-hybridized carbons (Fsp3) is 0. The number of hydrogen-bond acceptors (Lipinski definition) is 7. The van der Waals surface area contributed by atoms with Gasteiger partial charge in [0.15, 0.2) is 11.4 Å². The van der Waals surface area contributed by atoms with Crippen LogP contribution in [-0.4, -0.2) is 15.3 Å². The first-order valence-electron chi connectivity index (χ1n) is 6.15. The van der Waals surface area contributed by atoms with Gasteiger partial charge in [0, 0.05) is 24.3 Å². The average molecular weight is 344 g/mol. The third kappa shape index (κ3) is 4.99. The summed E-state index contributed by atoms with van der Waals surface area (Å²) >= 11 is 0. The second-order valence-corrected chi connectivity index (χ2v) is 5.61. The van der Waals surface area contributed by atoms with Crippen LogP contribution in [0.2, 0.25) is 0 Å². The molecule has 0 aliphatic rings. The lowest BCUT2D eigenvalue weighted by Crippen LogP contribution is -2.99. The zero-order valence-corrected chi connectivity index (χ0v) is 12.3. The Morgan fingerprint density at radius 1 is 0.783 bits per heavy atom. The van der Waals surface area contributed by atoms with Crippen LogP contribution in [0.3, 0.4) is 0 Å². The van der Waals surface area contributed by atoms with Gasteiger partial charge < -0.3 is 19.5 Å². The zero-order chi connectivity index (χ0) is 17.0. The summed E-state index contributed by atoms with van der Waals surface area (Å²) in [5.74, 6) is -0.106. The smallest absolute Gasteiger partial charge is 0.584 e. The van der Waals surface area contributed by atoms with Crippen molar-refractivity contribution in [3.05, 3.63) is 58.9 Å². The minimum atomic E-state index is -4.51. The van der Waals surface area contributed by atoms with Crippen LogP contribution >= 0.6 is 7.82 Å². The molecule has 2 atom stereocenters. The molecule has 23 heavy (non-hydrogen) atoms. The quantitative estimate of drug-likeness (QED) is 0.364. The molecule has 0 saturated carbocycles. The summed E-state index contributed by atoms with van der Waals surface area (Å²) in [6.07, 6.45) is 0. The van der Waals surface area contributed by atoms with Crippen molar-refractivity contribution in [3.8, 4) is 11.5 Å². The number of nitrogens with one attached hydrogen (secondary N) is 2. The van der Waals surface area contributed by atoms with Crippen LogP contribution in [0.5, 0.6) is 11.5 Å². The van der Waals surface area contributed by atoms with E-state index in [-0.39, 0.29) is 22.9 Å². The highest BCUT2D eigenvalue weighted by molar-refractivity contribution is 7.48. The van der Waals surface area contributed by atoms with Crippen molar-refractivity contribution in [2.24, 2.45) is 0 Å². The van der Waals surface area contributed by atoms with E-state index in [1.165, 1.54) is 48.5 Å². The number of rotatable bonds is 6. The Kier molecular flexibility index (Phi) is 5.31. The van der Waals surface area contributed by atoms with Crippen LogP contribution in [0.4, 0.5) is 11.4 Å². The fourth-order valence-electron chi connectivity index (χ4n) is 1.60. The highest BCUT2D eigenvalue weighted by Gasteiger charge is 2.25. The first-order valence-corrected chi connectivity index (χ1v) is 7.65. The molecule has 0 spiro atoms. The van der Waals surface area contributed by atoms with E-state index >= 15 is 0 Å². The van der Waals surface area contributed by atoms with Gasteiger partial charge in [-0.2, -0.15) is 10.5 Å². The maximum Gasteiger partial charge on any atom is 0.584 e.